The maximum absolute atomic E-state index is 13.9. The Bertz CT molecular complexity index is 1360. The summed E-state index contributed by atoms with van der Waals surface area (Å²) in [5.74, 6) is -4.46. The third-order valence-corrected chi connectivity index (χ3v) is 8.07. The molecule has 36 heavy (non-hydrogen) atoms. The average molecular weight is 509 g/mol. The van der Waals surface area contributed by atoms with E-state index in [1.807, 2.05) is 0 Å². The normalized spacial score (nSPS) is 20.0. The van der Waals surface area contributed by atoms with Gasteiger partial charge < -0.3 is 20.8 Å². The van der Waals surface area contributed by atoms with Crippen LogP contribution in [0.1, 0.15) is 15.9 Å². The number of ketones is 1. The molecule has 0 aromatic heterocycles. The Morgan fingerprint density at radius 3 is 1.75 bits per heavy atom. The Balaban J connectivity index is 1.83. The molecule has 4 rings (SSSR count). The molecule has 0 spiro atoms. The smallest absolute Gasteiger partial charge is 0.254 e. The molecule has 1 heterocycles. The fourth-order valence-corrected chi connectivity index (χ4v) is 6.45. The SMILES string of the molecule is Cc1cccc2c1C(=O)C(C(O)C(=O)Nc1ccccc1)(C(O)C(=O)Nc1ccccc1)CS2(=O)=O. The molecule has 2 atom stereocenters. The number of aliphatic hydroxyl groups is 2. The van der Waals surface area contributed by atoms with Crippen LogP contribution in [-0.2, 0) is 19.4 Å². The molecule has 0 aliphatic carbocycles. The van der Waals surface area contributed by atoms with Crippen molar-refractivity contribution in [3.8, 4) is 0 Å². The molecule has 1 aliphatic rings. The highest BCUT2D eigenvalue weighted by molar-refractivity contribution is 7.91. The standard InChI is InChI=1S/C26H24N2O7S/c1-16-9-8-14-19-20(16)21(29)26(15-36(19,34)35,22(30)24(32)27-17-10-4-2-5-11-17)23(31)25(33)28-18-12-6-3-7-13-18/h2-14,22-23,30-31H,15H2,1H3,(H,27,32)(H,28,33). The molecule has 0 radical (unpaired) electrons. The first kappa shape index (κ1) is 25.2. The molecule has 4 N–H and O–H groups in total. The van der Waals surface area contributed by atoms with Crippen molar-refractivity contribution in [1.29, 1.82) is 0 Å². The Morgan fingerprint density at radius 2 is 1.28 bits per heavy atom. The third kappa shape index (κ3) is 4.41. The molecule has 3 aromatic carbocycles. The predicted molar refractivity (Wildman–Crippen MR) is 132 cm³/mol. The van der Waals surface area contributed by atoms with Gasteiger partial charge in [-0.2, -0.15) is 0 Å². The van der Waals surface area contributed by atoms with E-state index >= 15 is 0 Å². The van der Waals surface area contributed by atoms with Gasteiger partial charge in [-0.3, -0.25) is 14.4 Å². The van der Waals surface area contributed by atoms with E-state index < -0.39 is 50.8 Å². The number of para-hydroxylation sites is 2. The lowest BCUT2D eigenvalue weighted by Crippen LogP contribution is -2.63. The number of hydrogen-bond donors (Lipinski definition) is 4. The van der Waals surface area contributed by atoms with E-state index in [1.165, 1.54) is 49.4 Å². The van der Waals surface area contributed by atoms with Crippen LogP contribution in [0.25, 0.3) is 0 Å². The molecule has 2 unspecified atom stereocenters. The van der Waals surface area contributed by atoms with E-state index in [0.717, 1.165) is 0 Å². The number of aliphatic hydroxyl groups excluding tert-OH is 2. The fraction of sp³-hybridized carbons (Fsp3) is 0.192. The minimum atomic E-state index is -4.31. The second-order valence-electron chi connectivity index (χ2n) is 8.59. The molecule has 0 bridgehead atoms. The lowest BCUT2D eigenvalue weighted by Gasteiger charge is -2.41. The van der Waals surface area contributed by atoms with Crippen LogP contribution < -0.4 is 10.6 Å². The fourth-order valence-electron chi connectivity index (χ4n) is 4.37. The van der Waals surface area contributed by atoms with Gasteiger partial charge in [0.05, 0.1) is 10.6 Å². The number of benzene rings is 3. The molecular weight excluding hydrogens is 484 g/mol. The first-order valence-electron chi connectivity index (χ1n) is 11.0. The second-order valence-corrected chi connectivity index (χ2v) is 10.6. The zero-order valence-corrected chi connectivity index (χ0v) is 20.0. The third-order valence-electron chi connectivity index (χ3n) is 6.20. The van der Waals surface area contributed by atoms with E-state index in [-0.39, 0.29) is 27.4 Å². The van der Waals surface area contributed by atoms with Crippen LogP contribution in [-0.4, -0.2) is 54.2 Å². The minimum absolute atomic E-state index is 0.261. The van der Waals surface area contributed by atoms with Gasteiger partial charge in [-0.1, -0.05) is 48.5 Å². The second kappa shape index (κ2) is 9.65. The first-order chi connectivity index (χ1) is 17.1. The van der Waals surface area contributed by atoms with Gasteiger partial charge in [-0.25, -0.2) is 8.42 Å². The van der Waals surface area contributed by atoms with Crippen molar-refractivity contribution in [3.63, 3.8) is 0 Å². The Morgan fingerprint density at radius 1 is 0.806 bits per heavy atom. The van der Waals surface area contributed by atoms with Crippen LogP contribution in [0, 0.1) is 12.3 Å². The molecule has 2 amide bonds. The number of sulfone groups is 1. The van der Waals surface area contributed by atoms with E-state index in [0.29, 0.717) is 0 Å². The quantitative estimate of drug-likeness (QED) is 0.397. The van der Waals surface area contributed by atoms with Crippen LogP contribution in [0.5, 0.6) is 0 Å². The van der Waals surface area contributed by atoms with Gasteiger partial charge in [0.15, 0.2) is 15.6 Å². The number of carbonyl (C=O) groups excluding carboxylic acids is 3. The van der Waals surface area contributed by atoms with Crippen molar-refractivity contribution < 1.29 is 33.0 Å². The molecule has 0 fully saturated rings. The summed E-state index contributed by atoms with van der Waals surface area (Å²) < 4.78 is 26.6. The van der Waals surface area contributed by atoms with Gasteiger partial charge in [0.25, 0.3) is 11.8 Å². The summed E-state index contributed by atoms with van der Waals surface area (Å²) in [5.41, 5.74) is -2.20. The number of rotatable bonds is 6. The lowest BCUT2D eigenvalue weighted by molar-refractivity contribution is -0.141. The van der Waals surface area contributed by atoms with Crippen LogP contribution in [0.15, 0.2) is 83.8 Å². The average Bonchev–Trinajstić information content (AvgIpc) is 2.86. The van der Waals surface area contributed by atoms with Gasteiger partial charge in [0, 0.05) is 16.9 Å². The molecular formula is C26H24N2O7S. The highest BCUT2D eigenvalue weighted by Gasteiger charge is 2.62. The molecule has 1 aliphatic heterocycles. The lowest BCUT2D eigenvalue weighted by atomic mass is 9.70. The maximum atomic E-state index is 13.9. The van der Waals surface area contributed by atoms with Crippen molar-refractivity contribution >= 4 is 38.8 Å². The number of hydrogen-bond acceptors (Lipinski definition) is 7. The summed E-state index contributed by atoms with van der Waals surface area (Å²) in [6.07, 6.45) is -4.77. The van der Waals surface area contributed by atoms with Crippen molar-refractivity contribution in [1.82, 2.24) is 0 Å². The van der Waals surface area contributed by atoms with E-state index in [2.05, 4.69) is 10.6 Å². The van der Waals surface area contributed by atoms with Gasteiger partial charge in [-0.15, -0.1) is 0 Å². The molecule has 186 valence electrons. The van der Waals surface area contributed by atoms with Crippen molar-refractivity contribution in [2.24, 2.45) is 5.41 Å². The monoisotopic (exact) mass is 508 g/mol. The van der Waals surface area contributed by atoms with Crippen molar-refractivity contribution in [2.75, 3.05) is 16.4 Å². The number of anilines is 2. The van der Waals surface area contributed by atoms with Crippen LogP contribution in [0.4, 0.5) is 11.4 Å². The molecule has 0 saturated carbocycles. The summed E-state index contributed by atoms with van der Waals surface area (Å²) in [5, 5.41) is 27.3. The van der Waals surface area contributed by atoms with E-state index in [1.54, 1.807) is 36.4 Å². The van der Waals surface area contributed by atoms with E-state index in [9.17, 15) is 33.0 Å². The van der Waals surface area contributed by atoms with Gasteiger partial charge in [0.1, 0.15) is 17.6 Å². The topological polar surface area (TPSA) is 150 Å². The largest absolute Gasteiger partial charge is 0.382 e. The summed E-state index contributed by atoms with van der Waals surface area (Å²) in [6, 6.07) is 20.2. The zero-order valence-electron chi connectivity index (χ0n) is 19.2. The first-order valence-corrected chi connectivity index (χ1v) is 12.7. The number of Topliss-reactive ketones (excluding diaryl/α,β-unsaturated/α-hetero) is 1. The van der Waals surface area contributed by atoms with Gasteiger partial charge >= 0.3 is 0 Å². The van der Waals surface area contributed by atoms with Crippen molar-refractivity contribution in [2.45, 2.75) is 24.0 Å². The number of aryl methyl sites for hydroxylation is 1. The van der Waals surface area contributed by atoms with E-state index in [4.69, 9.17) is 0 Å². The zero-order chi connectivity index (χ0) is 26.1. The minimum Gasteiger partial charge on any atom is -0.382 e. The molecule has 0 saturated heterocycles. The highest BCUT2D eigenvalue weighted by Crippen LogP contribution is 2.43. The highest BCUT2D eigenvalue weighted by atomic mass is 32.2. The van der Waals surface area contributed by atoms with Crippen LogP contribution >= 0.6 is 0 Å². The predicted octanol–water partition coefficient (Wildman–Crippen LogP) is 1.95. The Hall–Kier alpha value is -3.86. The molecule has 10 heteroatoms. The van der Waals surface area contributed by atoms with Crippen LogP contribution in [0.3, 0.4) is 0 Å². The number of amides is 2. The summed E-state index contributed by atoms with van der Waals surface area (Å²) in [4.78, 5) is 39.8. The maximum Gasteiger partial charge on any atom is 0.254 e. The number of nitrogens with one attached hydrogen (secondary N) is 2. The summed E-state index contributed by atoms with van der Waals surface area (Å²) in [6.45, 7) is 1.50. The van der Waals surface area contributed by atoms with Gasteiger partial charge in [-0.05, 0) is 42.8 Å². The van der Waals surface area contributed by atoms with Crippen molar-refractivity contribution in [3.05, 3.63) is 90.0 Å². The number of fused-ring (bicyclic) bond motifs is 1. The van der Waals surface area contributed by atoms with Gasteiger partial charge in [0.2, 0.25) is 0 Å². The van der Waals surface area contributed by atoms with Crippen LogP contribution in [0.2, 0.25) is 0 Å². The molecule has 3 aromatic rings. The Labute approximate surface area is 207 Å². The number of carbonyl (C=O) groups is 3. The molecule has 9 nitrogen and oxygen atoms in total. The summed E-state index contributed by atoms with van der Waals surface area (Å²) >= 11 is 0. The Kier molecular flexibility index (Phi) is 6.77. The summed E-state index contributed by atoms with van der Waals surface area (Å²) in [7, 11) is -4.31.